The van der Waals surface area contributed by atoms with Crippen LogP contribution in [0.5, 0.6) is 0 Å². The molecule has 0 rings (SSSR count). The maximum atomic E-state index is 10.5. The summed E-state index contributed by atoms with van der Waals surface area (Å²) in [5.41, 5.74) is 0. The Balaban J connectivity index is 4.10. The van der Waals surface area contributed by atoms with Gasteiger partial charge in [0.25, 0.3) is 0 Å². The fraction of sp³-hybridized carbons (Fsp3) is 0.750. The van der Waals surface area contributed by atoms with Crippen molar-refractivity contribution in [1.29, 1.82) is 5.26 Å². The molecule has 0 bridgehead atoms. The number of carboxylic acids is 1. The van der Waals surface area contributed by atoms with Gasteiger partial charge in [-0.1, -0.05) is 6.92 Å². The third kappa shape index (κ3) is 3.35. The van der Waals surface area contributed by atoms with Crippen LogP contribution in [0, 0.1) is 11.3 Å². The van der Waals surface area contributed by atoms with Gasteiger partial charge in [0.15, 0.2) is 0 Å². The number of nitriles is 1. The minimum atomic E-state index is -0.876. The molecule has 1 unspecified atom stereocenters. The molecule has 0 aliphatic carbocycles. The molecule has 0 saturated heterocycles. The number of carbonyl (C=O) groups is 1. The molecule has 4 heteroatoms. The molecule has 0 radical (unpaired) electrons. The Kier molecular flexibility index (Phi) is 5.06. The summed E-state index contributed by atoms with van der Waals surface area (Å²) >= 11 is 0. The zero-order valence-electron chi connectivity index (χ0n) is 7.45. The van der Waals surface area contributed by atoms with Crippen molar-refractivity contribution >= 4 is 5.97 Å². The van der Waals surface area contributed by atoms with E-state index in [9.17, 15) is 4.79 Å². The van der Waals surface area contributed by atoms with Gasteiger partial charge in [-0.15, -0.1) is 0 Å². The zero-order chi connectivity index (χ0) is 9.56. The van der Waals surface area contributed by atoms with Crippen molar-refractivity contribution in [2.45, 2.75) is 26.3 Å². The lowest BCUT2D eigenvalue weighted by Gasteiger charge is -2.22. The zero-order valence-corrected chi connectivity index (χ0v) is 7.45. The van der Waals surface area contributed by atoms with E-state index in [0.29, 0.717) is 6.54 Å². The number of aliphatic carboxylic acids is 1. The molecule has 68 valence electrons. The van der Waals surface area contributed by atoms with Crippen LogP contribution in [0.3, 0.4) is 0 Å². The summed E-state index contributed by atoms with van der Waals surface area (Å²) in [5.74, 6) is -0.876. The Morgan fingerprint density at radius 1 is 1.75 bits per heavy atom. The number of nitrogens with zero attached hydrogens (tertiary/aromatic N) is 2. The van der Waals surface area contributed by atoms with E-state index < -0.39 is 12.0 Å². The predicted molar refractivity (Wildman–Crippen MR) is 44.6 cm³/mol. The van der Waals surface area contributed by atoms with Crippen LogP contribution in [0.1, 0.15) is 20.3 Å². The molecule has 1 N–H and O–H groups in total. The Bertz CT molecular complexity index is 186. The highest BCUT2D eigenvalue weighted by atomic mass is 16.4. The predicted octanol–water partition coefficient (Wildman–Crippen LogP) is 0.695. The molecule has 0 heterocycles. The van der Waals surface area contributed by atoms with Gasteiger partial charge >= 0.3 is 5.97 Å². The molecular weight excluding hydrogens is 156 g/mol. The van der Waals surface area contributed by atoms with Crippen molar-refractivity contribution in [3.8, 4) is 6.07 Å². The Labute approximate surface area is 72.4 Å². The molecule has 4 nitrogen and oxygen atoms in total. The van der Waals surface area contributed by atoms with Crippen LogP contribution in [0.15, 0.2) is 0 Å². The monoisotopic (exact) mass is 170 g/mol. The second-order valence-corrected chi connectivity index (χ2v) is 2.64. The first kappa shape index (κ1) is 10.9. The molecule has 0 fully saturated rings. The van der Waals surface area contributed by atoms with E-state index in [2.05, 4.69) is 0 Å². The highest BCUT2D eigenvalue weighted by molar-refractivity contribution is 5.72. The second-order valence-electron chi connectivity index (χ2n) is 2.64. The quantitative estimate of drug-likeness (QED) is 0.617. The van der Waals surface area contributed by atoms with E-state index in [-0.39, 0.29) is 6.54 Å². The lowest BCUT2D eigenvalue weighted by molar-refractivity contribution is -0.142. The average molecular weight is 170 g/mol. The third-order valence-electron chi connectivity index (χ3n) is 1.69. The SMILES string of the molecule is CCCN(CC#N)C(C)C(=O)O. The lowest BCUT2D eigenvalue weighted by atomic mass is 10.2. The summed E-state index contributed by atoms with van der Waals surface area (Å²) < 4.78 is 0. The van der Waals surface area contributed by atoms with E-state index >= 15 is 0 Å². The molecule has 0 aromatic rings. The van der Waals surface area contributed by atoms with Crippen molar-refractivity contribution in [3.63, 3.8) is 0 Å². The largest absolute Gasteiger partial charge is 0.480 e. The van der Waals surface area contributed by atoms with Gasteiger partial charge in [0.2, 0.25) is 0 Å². The molecule has 1 atom stereocenters. The average Bonchev–Trinajstić information content (AvgIpc) is 2.03. The summed E-state index contributed by atoms with van der Waals surface area (Å²) in [6, 6.07) is 1.39. The number of carboxylic acid groups (broad SMARTS) is 1. The van der Waals surface area contributed by atoms with Crippen LogP contribution in [0.25, 0.3) is 0 Å². The third-order valence-corrected chi connectivity index (χ3v) is 1.69. The first-order chi connectivity index (χ1) is 5.63. The maximum absolute atomic E-state index is 10.5. The molecule has 0 aliphatic rings. The minimum Gasteiger partial charge on any atom is -0.480 e. The van der Waals surface area contributed by atoms with Crippen molar-refractivity contribution in [2.24, 2.45) is 0 Å². The van der Waals surface area contributed by atoms with Gasteiger partial charge in [0.05, 0.1) is 12.6 Å². The Hall–Kier alpha value is -1.08. The summed E-state index contributed by atoms with van der Waals surface area (Å²) in [6.45, 7) is 4.39. The summed E-state index contributed by atoms with van der Waals surface area (Å²) in [4.78, 5) is 12.2. The number of rotatable bonds is 5. The van der Waals surface area contributed by atoms with Gasteiger partial charge < -0.3 is 5.11 Å². The van der Waals surface area contributed by atoms with Crippen LogP contribution in [-0.2, 0) is 4.79 Å². The van der Waals surface area contributed by atoms with Gasteiger partial charge in [0, 0.05) is 0 Å². The van der Waals surface area contributed by atoms with Gasteiger partial charge in [-0.25, -0.2) is 0 Å². The number of hydrogen-bond donors (Lipinski definition) is 1. The van der Waals surface area contributed by atoms with Gasteiger partial charge in [-0.2, -0.15) is 5.26 Å². The van der Waals surface area contributed by atoms with Gasteiger partial charge in [0.1, 0.15) is 6.04 Å². The summed E-state index contributed by atoms with van der Waals surface area (Å²) in [5, 5.41) is 17.1. The first-order valence-corrected chi connectivity index (χ1v) is 3.97. The fourth-order valence-electron chi connectivity index (χ4n) is 0.944. The van der Waals surface area contributed by atoms with Gasteiger partial charge in [-0.05, 0) is 19.9 Å². The van der Waals surface area contributed by atoms with Crippen molar-refractivity contribution in [1.82, 2.24) is 4.90 Å². The van der Waals surface area contributed by atoms with E-state index in [4.69, 9.17) is 10.4 Å². The molecular formula is C8H14N2O2. The van der Waals surface area contributed by atoms with E-state index in [1.807, 2.05) is 13.0 Å². The fourth-order valence-corrected chi connectivity index (χ4v) is 0.944. The van der Waals surface area contributed by atoms with Crippen LogP contribution >= 0.6 is 0 Å². The smallest absolute Gasteiger partial charge is 0.320 e. The van der Waals surface area contributed by atoms with Crippen LogP contribution in [0.4, 0.5) is 0 Å². The Morgan fingerprint density at radius 2 is 2.33 bits per heavy atom. The van der Waals surface area contributed by atoms with Crippen molar-refractivity contribution in [3.05, 3.63) is 0 Å². The van der Waals surface area contributed by atoms with Crippen LogP contribution < -0.4 is 0 Å². The van der Waals surface area contributed by atoms with Crippen molar-refractivity contribution in [2.75, 3.05) is 13.1 Å². The van der Waals surface area contributed by atoms with E-state index in [1.54, 1.807) is 11.8 Å². The minimum absolute atomic E-state index is 0.182. The first-order valence-electron chi connectivity index (χ1n) is 3.97. The van der Waals surface area contributed by atoms with Gasteiger partial charge in [-0.3, -0.25) is 9.69 Å². The molecule has 0 aliphatic heterocycles. The highest BCUT2D eigenvalue weighted by Gasteiger charge is 2.18. The molecule has 0 spiro atoms. The molecule has 0 aromatic carbocycles. The molecule has 0 saturated carbocycles. The summed E-state index contributed by atoms with van der Waals surface area (Å²) in [6.07, 6.45) is 0.860. The van der Waals surface area contributed by atoms with E-state index in [0.717, 1.165) is 6.42 Å². The number of hydrogen-bond acceptors (Lipinski definition) is 3. The topological polar surface area (TPSA) is 64.3 Å². The Morgan fingerprint density at radius 3 is 2.67 bits per heavy atom. The van der Waals surface area contributed by atoms with Crippen molar-refractivity contribution < 1.29 is 9.90 Å². The molecule has 0 aromatic heterocycles. The summed E-state index contributed by atoms with van der Waals surface area (Å²) in [7, 11) is 0. The second kappa shape index (κ2) is 5.56. The van der Waals surface area contributed by atoms with E-state index in [1.165, 1.54) is 0 Å². The van der Waals surface area contributed by atoms with Crippen LogP contribution in [0.2, 0.25) is 0 Å². The standard InChI is InChI=1S/C8H14N2O2/c1-3-5-10(6-4-9)7(2)8(11)12/h7H,3,5-6H2,1-2H3,(H,11,12). The van der Waals surface area contributed by atoms with Crippen LogP contribution in [-0.4, -0.2) is 35.1 Å². The maximum Gasteiger partial charge on any atom is 0.320 e. The molecule has 0 amide bonds. The normalized spacial score (nSPS) is 12.5. The molecule has 12 heavy (non-hydrogen) atoms. The highest BCUT2D eigenvalue weighted by Crippen LogP contribution is 1.99. The lowest BCUT2D eigenvalue weighted by Crippen LogP contribution is -2.39.